The van der Waals surface area contributed by atoms with Gasteiger partial charge in [0.1, 0.15) is 10.5 Å². The van der Waals surface area contributed by atoms with Crippen molar-refractivity contribution >= 4 is 27.4 Å². The highest BCUT2D eigenvalue weighted by molar-refractivity contribution is 7.98. The standard InChI is InChI=1S/C24H24N4O2S2/c1-18-9-11-22-26-24(19-7-3-2-4-8-19)21(28(22)16-18)17-31-23-12-10-20(15-25-23)32(29,30)27-13-5-6-14-27/h2-4,7-12,15-16H,5-6,13-14,17H2,1H3. The quantitative estimate of drug-likeness (QED) is 0.384. The van der Waals surface area contributed by atoms with Crippen molar-refractivity contribution in [2.24, 2.45) is 0 Å². The predicted molar refractivity (Wildman–Crippen MR) is 127 cm³/mol. The summed E-state index contributed by atoms with van der Waals surface area (Å²) in [6.07, 6.45) is 5.42. The molecule has 164 valence electrons. The molecule has 0 unspecified atom stereocenters. The SMILES string of the molecule is Cc1ccc2nc(-c3ccccc3)c(CSc3ccc(S(=O)(=O)N4CCCC4)cn3)n2c1. The molecule has 1 aliphatic heterocycles. The molecular formula is C24H24N4O2S2. The summed E-state index contributed by atoms with van der Waals surface area (Å²) >= 11 is 1.58. The van der Waals surface area contributed by atoms with Crippen molar-refractivity contribution in [3.8, 4) is 11.3 Å². The first-order chi connectivity index (χ1) is 15.5. The minimum Gasteiger partial charge on any atom is -0.302 e. The van der Waals surface area contributed by atoms with Crippen LogP contribution in [0, 0.1) is 6.92 Å². The lowest BCUT2D eigenvalue weighted by atomic mass is 10.1. The number of aromatic nitrogens is 3. The number of hydrogen-bond donors (Lipinski definition) is 0. The molecule has 3 aromatic heterocycles. The normalized spacial score (nSPS) is 14.9. The third kappa shape index (κ3) is 4.05. The monoisotopic (exact) mass is 464 g/mol. The van der Waals surface area contributed by atoms with Crippen molar-refractivity contribution in [1.29, 1.82) is 0 Å². The summed E-state index contributed by atoms with van der Waals surface area (Å²) in [5, 5.41) is 0.784. The molecule has 8 heteroatoms. The van der Waals surface area contributed by atoms with Crippen LogP contribution in [0.1, 0.15) is 24.1 Å². The number of benzene rings is 1. The minimum atomic E-state index is -3.44. The molecule has 5 rings (SSSR count). The molecule has 6 nitrogen and oxygen atoms in total. The largest absolute Gasteiger partial charge is 0.302 e. The molecule has 4 heterocycles. The second-order valence-corrected chi connectivity index (χ2v) is 10.9. The van der Waals surface area contributed by atoms with Gasteiger partial charge >= 0.3 is 0 Å². The fourth-order valence-corrected chi connectivity index (χ4v) is 6.30. The number of fused-ring (bicyclic) bond motifs is 1. The van der Waals surface area contributed by atoms with Crippen molar-refractivity contribution in [1.82, 2.24) is 18.7 Å². The fourth-order valence-electron chi connectivity index (χ4n) is 3.99. The average molecular weight is 465 g/mol. The van der Waals surface area contributed by atoms with E-state index in [4.69, 9.17) is 4.98 Å². The van der Waals surface area contributed by atoms with Crippen LogP contribution in [0.15, 0.2) is 76.9 Å². The highest BCUT2D eigenvalue weighted by Crippen LogP contribution is 2.31. The highest BCUT2D eigenvalue weighted by atomic mass is 32.2. The van der Waals surface area contributed by atoms with Crippen molar-refractivity contribution < 1.29 is 8.42 Å². The lowest BCUT2D eigenvalue weighted by molar-refractivity contribution is 0.477. The smallest absolute Gasteiger partial charge is 0.244 e. The number of nitrogens with zero attached hydrogens (tertiary/aromatic N) is 4. The van der Waals surface area contributed by atoms with Gasteiger partial charge in [0.2, 0.25) is 10.0 Å². The number of aryl methyl sites for hydroxylation is 1. The maximum absolute atomic E-state index is 12.7. The summed E-state index contributed by atoms with van der Waals surface area (Å²) in [5.74, 6) is 0.667. The van der Waals surface area contributed by atoms with E-state index < -0.39 is 10.0 Å². The number of rotatable bonds is 6. The van der Waals surface area contributed by atoms with Crippen LogP contribution in [-0.4, -0.2) is 40.2 Å². The lowest BCUT2D eigenvalue weighted by Gasteiger charge is -2.15. The summed E-state index contributed by atoms with van der Waals surface area (Å²) in [5.41, 5.74) is 5.19. The van der Waals surface area contributed by atoms with Crippen LogP contribution < -0.4 is 0 Å². The molecule has 1 saturated heterocycles. The zero-order valence-corrected chi connectivity index (χ0v) is 19.4. The first-order valence-electron chi connectivity index (χ1n) is 10.6. The van der Waals surface area contributed by atoms with Gasteiger partial charge in [0.15, 0.2) is 0 Å². The molecule has 0 amide bonds. The van der Waals surface area contributed by atoms with Crippen LogP contribution >= 0.6 is 11.8 Å². The second-order valence-electron chi connectivity index (χ2n) is 7.94. The molecule has 0 radical (unpaired) electrons. The van der Waals surface area contributed by atoms with Gasteiger partial charge in [-0.1, -0.05) is 36.4 Å². The van der Waals surface area contributed by atoms with Gasteiger partial charge in [-0.25, -0.2) is 18.4 Å². The lowest BCUT2D eigenvalue weighted by Crippen LogP contribution is -2.27. The van der Waals surface area contributed by atoms with Gasteiger partial charge in [-0.15, -0.1) is 11.8 Å². The molecule has 0 atom stereocenters. The topological polar surface area (TPSA) is 67.6 Å². The van der Waals surface area contributed by atoms with E-state index in [-0.39, 0.29) is 4.90 Å². The first-order valence-corrected chi connectivity index (χ1v) is 13.1. The second kappa shape index (κ2) is 8.69. The first kappa shape index (κ1) is 21.2. The van der Waals surface area contributed by atoms with Gasteiger partial charge in [-0.2, -0.15) is 4.31 Å². The van der Waals surface area contributed by atoms with Crippen LogP contribution in [0.4, 0.5) is 0 Å². The maximum Gasteiger partial charge on any atom is 0.244 e. The zero-order valence-electron chi connectivity index (χ0n) is 17.8. The van der Waals surface area contributed by atoms with E-state index in [0.29, 0.717) is 18.8 Å². The van der Waals surface area contributed by atoms with Crippen LogP contribution in [0.2, 0.25) is 0 Å². The van der Waals surface area contributed by atoms with E-state index in [1.807, 2.05) is 24.3 Å². The number of sulfonamides is 1. The van der Waals surface area contributed by atoms with Gasteiger partial charge < -0.3 is 4.40 Å². The zero-order chi connectivity index (χ0) is 22.1. The van der Waals surface area contributed by atoms with Crippen LogP contribution in [0.25, 0.3) is 16.9 Å². The van der Waals surface area contributed by atoms with Crippen molar-refractivity contribution in [2.45, 2.75) is 35.4 Å². The Morgan fingerprint density at radius 2 is 1.78 bits per heavy atom. The third-order valence-corrected chi connectivity index (χ3v) is 8.52. The molecule has 0 bridgehead atoms. The molecule has 32 heavy (non-hydrogen) atoms. The van der Waals surface area contributed by atoms with E-state index in [9.17, 15) is 8.42 Å². The Morgan fingerprint density at radius 3 is 2.50 bits per heavy atom. The molecule has 0 N–H and O–H groups in total. The Morgan fingerprint density at radius 1 is 1.00 bits per heavy atom. The average Bonchev–Trinajstić information content (AvgIpc) is 3.47. The van der Waals surface area contributed by atoms with E-state index >= 15 is 0 Å². The molecule has 4 aromatic rings. The van der Waals surface area contributed by atoms with E-state index in [1.165, 1.54) is 6.20 Å². The number of pyridine rings is 2. The summed E-state index contributed by atoms with van der Waals surface area (Å²) in [7, 11) is -3.44. The van der Waals surface area contributed by atoms with E-state index in [1.54, 1.807) is 28.2 Å². The van der Waals surface area contributed by atoms with Gasteiger partial charge in [0.25, 0.3) is 0 Å². The summed E-state index contributed by atoms with van der Waals surface area (Å²) < 4.78 is 29.2. The summed E-state index contributed by atoms with van der Waals surface area (Å²) in [6.45, 7) is 3.25. The Labute approximate surface area is 192 Å². The molecule has 1 aliphatic rings. The highest BCUT2D eigenvalue weighted by Gasteiger charge is 2.27. The Kier molecular flexibility index (Phi) is 5.75. The van der Waals surface area contributed by atoms with Gasteiger partial charge in [0, 0.05) is 36.8 Å². The van der Waals surface area contributed by atoms with Crippen LogP contribution in [-0.2, 0) is 15.8 Å². The fraction of sp³-hybridized carbons (Fsp3) is 0.250. The molecule has 1 aromatic carbocycles. The van der Waals surface area contributed by atoms with E-state index in [0.717, 1.165) is 46.0 Å². The molecule has 0 saturated carbocycles. The maximum atomic E-state index is 12.7. The predicted octanol–water partition coefficient (Wildman–Crippen LogP) is 4.78. The van der Waals surface area contributed by atoms with Crippen molar-refractivity contribution in [2.75, 3.05) is 13.1 Å². The van der Waals surface area contributed by atoms with Gasteiger partial charge in [-0.05, 0) is 43.5 Å². The number of thioether (sulfide) groups is 1. The van der Waals surface area contributed by atoms with Crippen molar-refractivity contribution in [3.63, 3.8) is 0 Å². The Bertz CT molecular complexity index is 1340. The van der Waals surface area contributed by atoms with Gasteiger partial charge in [0.05, 0.1) is 16.4 Å². The Balaban J connectivity index is 1.42. The number of hydrogen-bond acceptors (Lipinski definition) is 5. The van der Waals surface area contributed by atoms with Crippen molar-refractivity contribution in [3.05, 3.63) is 78.2 Å². The molecular weight excluding hydrogens is 440 g/mol. The summed E-state index contributed by atoms with van der Waals surface area (Å²) in [4.78, 5) is 9.58. The third-order valence-electron chi connectivity index (χ3n) is 5.68. The van der Waals surface area contributed by atoms with Crippen LogP contribution in [0.3, 0.4) is 0 Å². The Hall–Kier alpha value is -2.68. The molecule has 0 aliphatic carbocycles. The number of imidazole rings is 1. The molecule has 1 fully saturated rings. The summed E-state index contributed by atoms with van der Waals surface area (Å²) in [6, 6.07) is 17.7. The van der Waals surface area contributed by atoms with Crippen LogP contribution in [0.5, 0.6) is 0 Å². The minimum absolute atomic E-state index is 0.263. The molecule has 0 spiro atoms. The van der Waals surface area contributed by atoms with Gasteiger partial charge in [-0.3, -0.25) is 0 Å². The van der Waals surface area contributed by atoms with E-state index in [2.05, 4.69) is 40.7 Å².